The van der Waals surface area contributed by atoms with Crippen LogP contribution in [0, 0.1) is 5.82 Å². The van der Waals surface area contributed by atoms with E-state index in [1.807, 2.05) is 0 Å². The second kappa shape index (κ2) is 7.86. The fourth-order valence-corrected chi connectivity index (χ4v) is 3.54. The molecule has 1 aromatic rings. The third-order valence-corrected chi connectivity index (χ3v) is 4.83. The Morgan fingerprint density at radius 2 is 2.19 bits per heavy atom. The highest BCUT2D eigenvalue weighted by atomic mass is 35.5. The van der Waals surface area contributed by atoms with Gasteiger partial charge in [0, 0.05) is 30.8 Å². The summed E-state index contributed by atoms with van der Waals surface area (Å²) in [5.74, 6) is -1.01. The van der Waals surface area contributed by atoms with Crippen molar-refractivity contribution in [3.05, 3.63) is 41.2 Å². The minimum absolute atomic E-state index is 0.00606. The molecule has 1 N–H and O–H groups in total. The molecule has 0 atom stereocenters. The predicted octanol–water partition coefficient (Wildman–Crippen LogP) is 1.79. The van der Waals surface area contributed by atoms with Crippen LogP contribution in [0.2, 0.25) is 5.02 Å². The van der Waals surface area contributed by atoms with Gasteiger partial charge in [-0.3, -0.25) is 0 Å². The van der Waals surface area contributed by atoms with Crippen LogP contribution in [0.4, 0.5) is 4.39 Å². The van der Waals surface area contributed by atoms with Gasteiger partial charge in [-0.25, -0.2) is 12.8 Å². The van der Waals surface area contributed by atoms with Gasteiger partial charge < -0.3 is 9.84 Å². The summed E-state index contributed by atoms with van der Waals surface area (Å²) in [4.78, 5) is -0.572. The van der Waals surface area contributed by atoms with E-state index >= 15 is 0 Å². The van der Waals surface area contributed by atoms with Crippen LogP contribution in [-0.4, -0.2) is 44.6 Å². The number of halogens is 2. The van der Waals surface area contributed by atoms with Gasteiger partial charge >= 0.3 is 0 Å². The first-order valence-electron chi connectivity index (χ1n) is 6.07. The summed E-state index contributed by atoms with van der Waals surface area (Å²) >= 11 is 5.79. The van der Waals surface area contributed by atoms with Crippen molar-refractivity contribution in [2.75, 3.05) is 26.8 Å². The van der Waals surface area contributed by atoms with E-state index in [-0.39, 0.29) is 30.3 Å². The van der Waals surface area contributed by atoms with Crippen LogP contribution in [0.25, 0.3) is 0 Å². The quantitative estimate of drug-likeness (QED) is 0.734. The third-order valence-electron chi connectivity index (χ3n) is 2.75. The molecule has 0 amide bonds. The number of aliphatic hydroxyl groups is 1. The Balaban J connectivity index is 3.33. The van der Waals surface area contributed by atoms with Gasteiger partial charge in [0.25, 0.3) is 0 Å². The van der Waals surface area contributed by atoms with Crippen molar-refractivity contribution >= 4 is 21.6 Å². The van der Waals surface area contributed by atoms with Gasteiger partial charge in [0.2, 0.25) is 10.0 Å². The molecule has 8 heteroatoms. The van der Waals surface area contributed by atoms with Gasteiger partial charge in [0.15, 0.2) is 0 Å². The molecule has 0 aliphatic rings. The monoisotopic (exact) mass is 337 g/mol. The molecular weight excluding hydrogens is 321 g/mol. The van der Waals surface area contributed by atoms with Crippen LogP contribution in [0.1, 0.15) is 5.56 Å². The number of sulfonamides is 1. The van der Waals surface area contributed by atoms with E-state index in [1.54, 1.807) is 0 Å². The summed E-state index contributed by atoms with van der Waals surface area (Å²) < 4.78 is 45.1. The van der Waals surface area contributed by atoms with Gasteiger partial charge in [-0.05, 0) is 12.1 Å². The maximum absolute atomic E-state index is 14.2. The van der Waals surface area contributed by atoms with Crippen LogP contribution in [-0.2, 0) is 21.4 Å². The highest BCUT2D eigenvalue weighted by molar-refractivity contribution is 7.89. The number of hydrogen-bond acceptors (Lipinski definition) is 4. The van der Waals surface area contributed by atoms with Crippen molar-refractivity contribution in [1.82, 2.24) is 4.31 Å². The average molecular weight is 338 g/mol. The number of methoxy groups -OCH3 is 1. The number of ether oxygens (including phenoxy) is 1. The zero-order valence-corrected chi connectivity index (χ0v) is 13.1. The molecule has 0 aliphatic carbocycles. The van der Waals surface area contributed by atoms with Crippen molar-refractivity contribution in [1.29, 1.82) is 0 Å². The minimum atomic E-state index is -4.11. The molecule has 0 fully saturated rings. The van der Waals surface area contributed by atoms with E-state index in [0.717, 1.165) is 10.4 Å². The molecule has 5 nitrogen and oxygen atoms in total. The van der Waals surface area contributed by atoms with Gasteiger partial charge in [0.1, 0.15) is 10.7 Å². The van der Waals surface area contributed by atoms with Crippen molar-refractivity contribution < 1.29 is 22.7 Å². The predicted molar refractivity (Wildman–Crippen MR) is 78.2 cm³/mol. The Hall–Kier alpha value is -0.990. The Bertz CT molecular complexity index is 606. The highest BCUT2D eigenvalue weighted by Crippen LogP contribution is 2.26. The molecular formula is C13H17ClFNO4S. The first-order valence-corrected chi connectivity index (χ1v) is 7.89. The van der Waals surface area contributed by atoms with E-state index in [9.17, 15) is 12.8 Å². The molecule has 0 radical (unpaired) electrons. The summed E-state index contributed by atoms with van der Waals surface area (Å²) in [5.41, 5.74) is -0.175. The van der Waals surface area contributed by atoms with Gasteiger partial charge in [-0.15, -0.1) is 6.58 Å². The lowest BCUT2D eigenvalue weighted by atomic mass is 10.2. The smallest absolute Gasteiger partial charge is 0.246 e. The van der Waals surface area contributed by atoms with Crippen LogP contribution in [0.3, 0.4) is 0 Å². The number of hydrogen-bond donors (Lipinski definition) is 1. The Kier molecular flexibility index (Phi) is 6.76. The maximum atomic E-state index is 14.2. The lowest BCUT2D eigenvalue weighted by Crippen LogP contribution is -2.34. The standard InChI is InChI=1S/C13H17ClFNO4S/c1-3-4-16(5-6-20-2)21(18,19)12-8-11(14)7-10(9-17)13(12)15/h3,7-8,17H,1,4-6,9H2,2H3. The number of nitrogens with zero attached hydrogens (tertiary/aromatic N) is 1. The second-order valence-corrected chi connectivity index (χ2v) is 6.52. The van der Waals surface area contributed by atoms with Gasteiger partial charge in [-0.2, -0.15) is 4.31 Å². The van der Waals surface area contributed by atoms with Crippen molar-refractivity contribution in [3.8, 4) is 0 Å². The highest BCUT2D eigenvalue weighted by Gasteiger charge is 2.28. The topological polar surface area (TPSA) is 66.8 Å². The Labute approximate surface area is 128 Å². The molecule has 0 saturated carbocycles. The van der Waals surface area contributed by atoms with Crippen LogP contribution < -0.4 is 0 Å². The maximum Gasteiger partial charge on any atom is 0.246 e. The molecule has 1 aromatic carbocycles. The first-order chi connectivity index (χ1) is 9.88. The minimum Gasteiger partial charge on any atom is -0.392 e. The number of rotatable bonds is 8. The molecule has 1 rings (SSSR count). The molecule has 0 heterocycles. The Morgan fingerprint density at radius 3 is 2.71 bits per heavy atom. The fourth-order valence-electron chi connectivity index (χ4n) is 1.71. The number of aliphatic hydroxyl groups excluding tert-OH is 1. The van der Waals surface area contributed by atoms with Gasteiger partial charge in [-0.1, -0.05) is 17.7 Å². The summed E-state index contributed by atoms with van der Waals surface area (Å²) in [7, 11) is -2.68. The van der Waals surface area contributed by atoms with E-state index in [1.165, 1.54) is 19.3 Å². The summed E-state index contributed by atoms with van der Waals surface area (Å²) in [6, 6.07) is 2.21. The van der Waals surface area contributed by atoms with E-state index in [4.69, 9.17) is 21.4 Å². The molecule has 0 unspecified atom stereocenters. The largest absolute Gasteiger partial charge is 0.392 e. The second-order valence-electron chi connectivity index (χ2n) is 4.18. The molecule has 0 spiro atoms. The molecule has 118 valence electrons. The lowest BCUT2D eigenvalue weighted by molar-refractivity contribution is 0.182. The molecule has 0 aromatic heterocycles. The summed E-state index contributed by atoms with van der Waals surface area (Å²) in [6.07, 6.45) is 1.39. The third kappa shape index (κ3) is 4.24. The van der Waals surface area contributed by atoms with E-state index in [0.29, 0.717) is 0 Å². The van der Waals surface area contributed by atoms with Crippen LogP contribution in [0.15, 0.2) is 29.7 Å². The van der Waals surface area contributed by atoms with Gasteiger partial charge in [0.05, 0.1) is 13.2 Å². The van der Waals surface area contributed by atoms with Crippen molar-refractivity contribution in [2.45, 2.75) is 11.5 Å². The molecule has 0 saturated heterocycles. The lowest BCUT2D eigenvalue weighted by Gasteiger charge is -2.21. The normalized spacial score (nSPS) is 11.9. The van der Waals surface area contributed by atoms with Crippen LogP contribution >= 0.6 is 11.6 Å². The van der Waals surface area contributed by atoms with Crippen molar-refractivity contribution in [3.63, 3.8) is 0 Å². The van der Waals surface area contributed by atoms with Crippen LogP contribution in [0.5, 0.6) is 0 Å². The average Bonchev–Trinajstić information content (AvgIpc) is 2.45. The SMILES string of the molecule is C=CCN(CCOC)S(=O)(=O)c1cc(Cl)cc(CO)c1F. The van der Waals surface area contributed by atoms with E-state index in [2.05, 4.69) is 6.58 Å². The fraction of sp³-hybridized carbons (Fsp3) is 0.385. The summed E-state index contributed by atoms with van der Waals surface area (Å²) in [5, 5.41) is 9.10. The Morgan fingerprint density at radius 1 is 1.52 bits per heavy atom. The molecule has 0 bridgehead atoms. The zero-order valence-electron chi connectivity index (χ0n) is 11.6. The molecule has 21 heavy (non-hydrogen) atoms. The summed E-state index contributed by atoms with van der Waals surface area (Å²) in [6.45, 7) is 3.05. The van der Waals surface area contributed by atoms with Crippen molar-refractivity contribution in [2.24, 2.45) is 0 Å². The number of benzene rings is 1. The van der Waals surface area contributed by atoms with E-state index < -0.39 is 27.3 Å². The first kappa shape index (κ1) is 18.1. The zero-order chi connectivity index (χ0) is 16.0. The molecule has 0 aliphatic heterocycles.